The molecule has 0 fully saturated rings. The second-order valence-corrected chi connectivity index (χ2v) is 4.62. The lowest BCUT2D eigenvalue weighted by molar-refractivity contribution is 0.139. The van der Waals surface area contributed by atoms with Crippen molar-refractivity contribution >= 4 is 21.7 Å². The smallest absolute Gasteiger partial charge is 0.346 e. The van der Waals surface area contributed by atoms with Gasteiger partial charge >= 0.3 is 5.63 Å². The Hall–Kier alpha value is -2.33. The van der Waals surface area contributed by atoms with E-state index in [0.717, 1.165) is 16.2 Å². The van der Waals surface area contributed by atoms with Crippen LogP contribution in [0.4, 0.5) is 0 Å². The standard InChI is InChI=1S/C15H10O4/c16-11-7-18-14-10-6-5-8-3-1-2-4-9(8)13(10)19-15(17)12(11)14/h1-6,11,16H,7H2/t11-/m0/s1. The summed E-state index contributed by atoms with van der Waals surface area (Å²) in [7, 11) is 0. The lowest BCUT2D eigenvalue weighted by Gasteiger charge is -2.06. The van der Waals surface area contributed by atoms with E-state index in [9.17, 15) is 9.90 Å². The van der Waals surface area contributed by atoms with E-state index in [4.69, 9.17) is 9.15 Å². The van der Waals surface area contributed by atoms with Crippen LogP contribution < -0.4 is 10.4 Å². The van der Waals surface area contributed by atoms with Gasteiger partial charge in [0.25, 0.3) is 0 Å². The summed E-state index contributed by atoms with van der Waals surface area (Å²) < 4.78 is 10.8. The molecule has 0 amide bonds. The molecule has 94 valence electrons. The molecule has 1 aliphatic rings. The quantitative estimate of drug-likeness (QED) is 0.494. The minimum absolute atomic E-state index is 0.103. The molecule has 4 heteroatoms. The van der Waals surface area contributed by atoms with Gasteiger partial charge in [0.05, 0.1) is 5.39 Å². The Morgan fingerprint density at radius 1 is 1.11 bits per heavy atom. The number of aliphatic hydroxyl groups is 1. The van der Waals surface area contributed by atoms with Gasteiger partial charge in [-0.15, -0.1) is 0 Å². The summed E-state index contributed by atoms with van der Waals surface area (Å²) in [6.45, 7) is 0.103. The Morgan fingerprint density at radius 2 is 1.95 bits per heavy atom. The van der Waals surface area contributed by atoms with Crippen molar-refractivity contribution in [3.05, 3.63) is 52.4 Å². The van der Waals surface area contributed by atoms with Crippen LogP contribution in [0.3, 0.4) is 0 Å². The summed E-state index contributed by atoms with van der Waals surface area (Å²) in [6, 6.07) is 11.5. The lowest BCUT2D eigenvalue weighted by atomic mass is 10.0. The molecular formula is C15H10O4. The van der Waals surface area contributed by atoms with Gasteiger partial charge in [-0.05, 0) is 11.5 Å². The highest BCUT2D eigenvalue weighted by Gasteiger charge is 2.29. The highest BCUT2D eigenvalue weighted by molar-refractivity contribution is 6.06. The van der Waals surface area contributed by atoms with Gasteiger partial charge in [-0.2, -0.15) is 0 Å². The Balaban J connectivity index is 2.24. The summed E-state index contributed by atoms with van der Waals surface area (Å²) in [5.41, 5.74) is 0.211. The minimum Gasteiger partial charge on any atom is -0.489 e. The normalized spacial score (nSPS) is 17.6. The Kier molecular flexibility index (Phi) is 2.00. The Morgan fingerprint density at radius 3 is 2.84 bits per heavy atom. The van der Waals surface area contributed by atoms with Crippen molar-refractivity contribution in [2.75, 3.05) is 6.61 Å². The van der Waals surface area contributed by atoms with Crippen LogP contribution in [0.15, 0.2) is 45.6 Å². The van der Waals surface area contributed by atoms with Gasteiger partial charge in [-0.3, -0.25) is 0 Å². The zero-order valence-electron chi connectivity index (χ0n) is 9.92. The Bertz CT molecular complexity index is 863. The van der Waals surface area contributed by atoms with Gasteiger partial charge in [0.15, 0.2) is 0 Å². The second-order valence-electron chi connectivity index (χ2n) is 4.62. The highest BCUT2D eigenvalue weighted by atomic mass is 16.5. The van der Waals surface area contributed by atoms with Gasteiger partial charge in [-0.25, -0.2) is 4.79 Å². The molecule has 0 saturated carbocycles. The van der Waals surface area contributed by atoms with Crippen molar-refractivity contribution in [2.24, 2.45) is 0 Å². The van der Waals surface area contributed by atoms with Crippen molar-refractivity contribution in [2.45, 2.75) is 6.10 Å². The van der Waals surface area contributed by atoms with Gasteiger partial charge in [0.1, 0.15) is 29.6 Å². The minimum atomic E-state index is -0.901. The van der Waals surface area contributed by atoms with Crippen LogP contribution in [0, 0.1) is 0 Å². The van der Waals surface area contributed by atoms with Crippen LogP contribution >= 0.6 is 0 Å². The molecule has 2 heterocycles. The third-order valence-electron chi connectivity index (χ3n) is 3.50. The van der Waals surface area contributed by atoms with Crippen molar-refractivity contribution in [3.8, 4) is 5.75 Å². The van der Waals surface area contributed by atoms with E-state index in [1.165, 1.54) is 0 Å². The third kappa shape index (κ3) is 1.34. The van der Waals surface area contributed by atoms with Crippen molar-refractivity contribution in [1.82, 2.24) is 0 Å². The number of ether oxygens (including phenoxy) is 1. The monoisotopic (exact) mass is 254 g/mol. The molecule has 3 aromatic rings. The van der Waals surface area contributed by atoms with E-state index >= 15 is 0 Å². The largest absolute Gasteiger partial charge is 0.489 e. The number of hydrogen-bond acceptors (Lipinski definition) is 4. The average molecular weight is 254 g/mol. The average Bonchev–Trinajstić information content (AvgIpc) is 2.82. The summed E-state index contributed by atoms with van der Waals surface area (Å²) in [5, 5.41) is 12.3. The van der Waals surface area contributed by atoms with Gasteiger partial charge in [0.2, 0.25) is 0 Å². The summed E-state index contributed by atoms with van der Waals surface area (Å²) in [6.07, 6.45) is -0.901. The molecule has 2 aromatic carbocycles. The number of hydrogen-bond donors (Lipinski definition) is 1. The SMILES string of the molecule is O=c1oc2c(ccc3ccccc32)c2c1[C@@H](O)CO2. The molecule has 0 bridgehead atoms. The molecule has 4 nitrogen and oxygen atoms in total. The van der Waals surface area contributed by atoms with Gasteiger partial charge < -0.3 is 14.3 Å². The molecule has 1 atom stereocenters. The maximum Gasteiger partial charge on any atom is 0.346 e. The zero-order chi connectivity index (χ0) is 13.0. The van der Waals surface area contributed by atoms with Crippen LogP contribution in [0.25, 0.3) is 21.7 Å². The molecule has 1 aliphatic heterocycles. The first-order chi connectivity index (χ1) is 9.25. The first kappa shape index (κ1) is 10.6. The summed E-state index contributed by atoms with van der Waals surface area (Å²) >= 11 is 0. The third-order valence-corrected chi connectivity index (χ3v) is 3.50. The molecule has 4 rings (SSSR count). The Labute approximate surface area is 107 Å². The first-order valence-electron chi connectivity index (χ1n) is 6.05. The van der Waals surface area contributed by atoms with Crippen LogP contribution in [-0.4, -0.2) is 11.7 Å². The van der Waals surface area contributed by atoms with E-state index in [2.05, 4.69) is 0 Å². The van der Waals surface area contributed by atoms with Crippen molar-refractivity contribution in [3.63, 3.8) is 0 Å². The molecule has 1 aromatic heterocycles. The number of rotatable bonds is 0. The van der Waals surface area contributed by atoms with Crippen LogP contribution in [0.5, 0.6) is 5.75 Å². The highest BCUT2D eigenvalue weighted by Crippen LogP contribution is 2.38. The molecule has 1 N–H and O–H groups in total. The van der Waals surface area contributed by atoms with E-state index < -0.39 is 11.7 Å². The van der Waals surface area contributed by atoms with Gasteiger partial charge in [0, 0.05) is 5.39 Å². The van der Waals surface area contributed by atoms with Crippen molar-refractivity contribution in [1.29, 1.82) is 0 Å². The predicted molar refractivity (Wildman–Crippen MR) is 70.4 cm³/mol. The van der Waals surface area contributed by atoms with Gasteiger partial charge in [-0.1, -0.05) is 30.3 Å². The van der Waals surface area contributed by atoms with Crippen LogP contribution in [-0.2, 0) is 0 Å². The van der Waals surface area contributed by atoms with E-state index in [1.54, 1.807) is 0 Å². The van der Waals surface area contributed by atoms with E-state index in [0.29, 0.717) is 11.3 Å². The summed E-state index contributed by atoms with van der Waals surface area (Å²) in [5.74, 6) is 0.449. The molecular weight excluding hydrogens is 244 g/mol. The molecule has 0 spiro atoms. The fraction of sp³-hybridized carbons (Fsp3) is 0.133. The van der Waals surface area contributed by atoms with Crippen LogP contribution in [0.1, 0.15) is 11.7 Å². The molecule has 0 saturated heterocycles. The topological polar surface area (TPSA) is 59.7 Å². The number of benzene rings is 2. The van der Waals surface area contributed by atoms with E-state index in [1.807, 2.05) is 36.4 Å². The molecule has 0 aliphatic carbocycles. The fourth-order valence-corrected chi connectivity index (χ4v) is 2.61. The lowest BCUT2D eigenvalue weighted by Crippen LogP contribution is -2.09. The first-order valence-corrected chi connectivity index (χ1v) is 6.05. The second kappa shape index (κ2) is 3.59. The molecule has 0 radical (unpaired) electrons. The zero-order valence-corrected chi connectivity index (χ0v) is 9.92. The predicted octanol–water partition coefficient (Wildman–Crippen LogP) is 2.37. The van der Waals surface area contributed by atoms with Crippen molar-refractivity contribution < 1.29 is 14.3 Å². The number of aliphatic hydroxyl groups excluding tert-OH is 1. The number of fused-ring (bicyclic) bond motifs is 5. The maximum absolute atomic E-state index is 12.0. The molecule has 19 heavy (non-hydrogen) atoms. The molecule has 0 unspecified atom stereocenters. The van der Waals surface area contributed by atoms with Crippen LogP contribution in [0.2, 0.25) is 0 Å². The fourth-order valence-electron chi connectivity index (χ4n) is 2.61. The maximum atomic E-state index is 12.0. The van der Waals surface area contributed by atoms with E-state index in [-0.39, 0.29) is 12.2 Å². The summed E-state index contributed by atoms with van der Waals surface area (Å²) in [4.78, 5) is 12.0.